The van der Waals surface area contributed by atoms with Gasteiger partial charge in [0.25, 0.3) is 0 Å². The zero-order chi connectivity index (χ0) is 20.5. The van der Waals surface area contributed by atoms with E-state index in [1.54, 1.807) is 14.2 Å². The molecule has 0 aliphatic carbocycles. The number of ether oxygens (including phenoxy) is 1. The third kappa shape index (κ3) is 7.92. The van der Waals surface area contributed by atoms with Gasteiger partial charge in [-0.25, -0.2) is 0 Å². The topological polar surface area (TPSA) is 66.0 Å². The maximum atomic E-state index is 11.8. The van der Waals surface area contributed by atoms with E-state index in [1.807, 2.05) is 69.4 Å². The van der Waals surface area contributed by atoms with Gasteiger partial charge in [0.15, 0.2) is 5.96 Å². The third-order valence-electron chi connectivity index (χ3n) is 4.35. The number of nitrogens with zero attached hydrogens (tertiary/aromatic N) is 2. The summed E-state index contributed by atoms with van der Waals surface area (Å²) in [5.41, 5.74) is 3.10. The maximum absolute atomic E-state index is 11.8. The van der Waals surface area contributed by atoms with E-state index in [9.17, 15) is 4.79 Å². The minimum absolute atomic E-state index is 0. The van der Waals surface area contributed by atoms with Crippen LogP contribution in [0.4, 0.5) is 5.69 Å². The van der Waals surface area contributed by atoms with Crippen molar-refractivity contribution in [2.75, 3.05) is 26.5 Å². The van der Waals surface area contributed by atoms with Crippen LogP contribution in [0.25, 0.3) is 0 Å². The first-order chi connectivity index (χ1) is 13.4. The lowest BCUT2D eigenvalue weighted by atomic mass is 10.1. The van der Waals surface area contributed by atoms with E-state index in [-0.39, 0.29) is 35.8 Å². The van der Waals surface area contributed by atoms with Crippen LogP contribution >= 0.6 is 24.0 Å². The molecule has 0 saturated carbocycles. The van der Waals surface area contributed by atoms with E-state index in [0.717, 1.165) is 29.5 Å². The van der Waals surface area contributed by atoms with Crippen molar-refractivity contribution in [2.24, 2.45) is 10.9 Å². The number of amides is 1. The minimum Gasteiger partial charge on any atom is -0.497 e. The average molecular weight is 510 g/mol. The first kappa shape index (κ1) is 24.7. The standard InChI is InChI=1S/C22H30N4O2.HI/c1-16(2)21(27)25-19-10-6-17(7-11-19)14-24-22(23-3)26(4)15-18-8-12-20(28-5)13-9-18;/h6-13,16H,14-15H2,1-5H3,(H,23,24)(H,25,27);1H. The zero-order valence-electron chi connectivity index (χ0n) is 17.7. The van der Waals surface area contributed by atoms with Crippen molar-refractivity contribution in [3.8, 4) is 5.75 Å². The number of carbonyl (C=O) groups is 1. The lowest BCUT2D eigenvalue weighted by molar-refractivity contribution is -0.118. The highest BCUT2D eigenvalue weighted by Gasteiger charge is 2.08. The molecule has 158 valence electrons. The average Bonchev–Trinajstić information content (AvgIpc) is 2.70. The van der Waals surface area contributed by atoms with Crippen molar-refractivity contribution in [1.29, 1.82) is 0 Å². The maximum Gasteiger partial charge on any atom is 0.226 e. The van der Waals surface area contributed by atoms with Gasteiger partial charge in [-0.3, -0.25) is 9.79 Å². The Kier molecular flexibility index (Phi) is 10.5. The van der Waals surface area contributed by atoms with Crippen molar-refractivity contribution in [2.45, 2.75) is 26.9 Å². The monoisotopic (exact) mass is 510 g/mol. The Balaban J connectivity index is 0.00000420. The fourth-order valence-corrected chi connectivity index (χ4v) is 2.64. The second kappa shape index (κ2) is 12.3. The number of hydrogen-bond donors (Lipinski definition) is 2. The van der Waals surface area contributed by atoms with Gasteiger partial charge >= 0.3 is 0 Å². The van der Waals surface area contributed by atoms with Crippen LogP contribution in [0.5, 0.6) is 5.75 Å². The summed E-state index contributed by atoms with van der Waals surface area (Å²) in [7, 11) is 5.44. The van der Waals surface area contributed by atoms with Crippen LogP contribution in [0.2, 0.25) is 0 Å². The molecule has 2 rings (SSSR count). The number of benzene rings is 2. The van der Waals surface area contributed by atoms with Crippen molar-refractivity contribution < 1.29 is 9.53 Å². The first-order valence-electron chi connectivity index (χ1n) is 9.37. The normalized spacial score (nSPS) is 10.9. The van der Waals surface area contributed by atoms with Crippen molar-refractivity contribution in [1.82, 2.24) is 10.2 Å². The lowest BCUT2D eigenvalue weighted by Crippen LogP contribution is -2.38. The van der Waals surface area contributed by atoms with E-state index in [4.69, 9.17) is 4.74 Å². The molecule has 0 spiro atoms. The number of aliphatic imine (C=N–C) groups is 1. The molecule has 0 heterocycles. The lowest BCUT2D eigenvalue weighted by Gasteiger charge is -2.22. The number of methoxy groups -OCH3 is 1. The molecule has 0 aromatic heterocycles. The van der Waals surface area contributed by atoms with Crippen LogP contribution in [0.15, 0.2) is 53.5 Å². The molecule has 2 N–H and O–H groups in total. The Morgan fingerprint density at radius 3 is 2.17 bits per heavy atom. The molecule has 0 bridgehead atoms. The van der Waals surface area contributed by atoms with Gasteiger partial charge in [-0.1, -0.05) is 38.1 Å². The summed E-state index contributed by atoms with van der Waals surface area (Å²) in [6, 6.07) is 15.8. The molecular formula is C22H31IN4O2. The van der Waals surface area contributed by atoms with Gasteiger partial charge in [0.2, 0.25) is 5.91 Å². The second-order valence-corrected chi connectivity index (χ2v) is 6.95. The Bertz CT molecular complexity index is 789. The van der Waals surface area contributed by atoms with Crippen LogP contribution in [-0.2, 0) is 17.9 Å². The summed E-state index contributed by atoms with van der Waals surface area (Å²) in [5.74, 6) is 1.65. The van der Waals surface area contributed by atoms with Crippen molar-refractivity contribution >= 4 is 41.5 Å². The van der Waals surface area contributed by atoms with Gasteiger partial charge in [0.05, 0.1) is 7.11 Å². The Labute approximate surface area is 190 Å². The smallest absolute Gasteiger partial charge is 0.226 e. The summed E-state index contributed by atoms with van der Waals surface area (Å²) < 4.78 is 5.20. The van der Waals surface area contributed by atoms with E-state index in [2.05, 4.69) is 20.5 Å². The molecule has 0 saturated heterocycles. The Morgan fingerprint density at radius 1 is 1.07 bits per heavy atom. The molecular weight excluding hydrogens is 479 g/mol. The third-order valence-corrected chi connectivity index (χ3v) is 4.35. The van der Waals surface area contributed by atoms with Gasteiger partial charge in [-0.15, -0.1) is 24.0 Å². The number of hydrogen-bond acceptors (Lipinski definition) is 3. The van der Waals surface area contributed by atoms with E-state index < -0.39 is 0 Å². The fraction of sp³-hybridized carbons (Fsp3) is 0.364. The van der Waals surface area contributed by atoms with Crippen LogP contribution in [0.1, 0.15) is 25.0 Å². The van der Waals surface area contributed by atoms with Crippen LogP contribution in [0.3, 0.4) is 0 Å². The molecule has 0 radical (unpaired) electrons. The number of rotatable bonds is 7. The molecule has 2 aromatic rings. The number of carbonyl (C=O) groups excluding carboxylic acids is 1. The van der Waals surface area contributed by atoms with E-state index >= 15 is 0 Å². The summed E-state index contributed by atoms with van der Waals surface area (Å²) >= 11 is 0. The molecule has 0 aliphatic rings. The van der Waals surface area contributed by atoms with Crippen LogP contribution in [-0.4, -0.2) is 38.0 Å². The number of nitrogens with one attached hydrogen (secondary N) is 2. The molecule has 6 nitrogen and oxygen atoms in total. The largest absolute Gasteiger partial charge is 0.497 e. The highest BCUT2D eigenvalue weighted by Crippen LogP contribution is 2.13. The van der Waals surface area contributed by atoms with Crippen molar-refractivity contribution in [3.63, 3.8) is 0 Å². The predicted molar refractivity (Wildman–Crippen MR) is 130 cm³/mol. The molecule has 7 heteroatoms. The molecule has 1 amide bonds. The summed E-state index contributed by atoms with van der Waals surface area (Å²) in [4.78, 5) is 18.2. The molecule has 2 aromatic carbocycles. The zero-order valence-corrected chi connectivity index (χ0v) is 20.1. The summed E-state index contributed by atoms with van der Waals surface area (Å²) in [6.45, 7) is 5.14. The minimum atomic E-state index is -0.0362. The van der Waals surface area contributed by atoms with Gasteiger partial charge in [-0.2, -0.15) is 0 Å². The second-order valence-electron chi connectivity index (χ2n) is 6.95. The fourth-order valence-electron chi connectivity index (χ4n) is 2.64. The predicted octanol–water partition coefficient (Wildman–Crippen LogP) is 4.12. The van der Waals surface area contributed by atoms with Gasteiger partial charge in [-0.05, 0) is 35.4 Å². The number of anilines is 1. The molecule has 0 atom stereocenters. The van der Waals surface area contributed by atoms with Gasteiger partial charge < -0.3 is 20.3 Å². The SMILES string of the molecule is CN=C(NCc1ccc(NC(=O)C(C)C)cc1)N(C)Cc1ccc(OC)cc1.I. The number of guanidine groups is 1. The Hall–Kier alpha value is -2.29. The van der Waals surface area contributed by atoms with E-state index in [1.165, 1.54) is 5.56 Å². The van der Waals surface area contributed by atoms with Crippen molar-refractivity contribution in [3.05, 3.63) is 59.7 Å². The first-order valence-corrected chi connectivity index (χ1v) is 9.37. The molecule has 29 heavy (non-hydrogen) atoms. The summed E-state index contributed by atoms with van der Waals surface area (Å²) in [5, 5.41) is 6.27. The van der Waals surface area contributed by atoms with E-state index in [0.29, 0.717) is 6.54 Å². The Morgan fingerprint density at radius 2 is 1.66 bits per heavy atom. The quantitative estimate of drug-likeness (QED) is 0.334. The van der Waals surface area contributed by atoms with Gasteiger partial charge in [0, 0.05) is 38.8 Å². The van der Waals surface area contributed by atoms with Crippen LogP contribution in [0, 0.1) is 5.92 Å². The highest BCUT2D eigenvalue weighted by molar-refractivity contribution is 14.0. The van der Waals surface area contributed by atoms with Crippen LogP contribution < -0.4 is 15.4 Å². The molecule has 0 fully saturated rings. The highest BCUT2D eigenvalue weighted by atomic mass is 127. The number of halogens is 1. The molecule has 0 unspecified atom stereocenters. The summed E-state index contributed by atoms with van der Waals surface area (Å²) in [6.07, 6.45) is 0. The molecule has 0 aliphatic heterocycles. The van der Waals surface area contributed by atoms with Gasteiger partial charge in [0.1, 0.15) is 5.75 Å².